The van der Waals surface area contributed by atoms with Crippen LogP contribution in [0.5, 0.6) is 17.2 Å². The zero-order chi connectivity index (χ0) is 20.6. The van der Waals surface area contributed by atoms with Gasteiger partial charge in [0.1, 0.15) is 0 Å². The van der Waals surface area contributed by atoms with E-state index in [1.54, 1.807) is 12.1 Å². The quantitative estimate of drug-likeness (QED) is 0.666. The van der Waals surface area contributed by atoms with E-state index >= 15 is 0 Å². The van der Waals surface area contributed by atoms with Gasteiger partial charge in [0.05, 0.1) is 4.90 Å². The van der Waals surface area contributed by atoms with Crippen molar-refractivity contribution in [3.63, 3.8) is 0 Å². The minimum absolute atomic E-state index is 0.0124. The summed E-state index contributed by atoms with van der Waals surface area (Å²) in [6.07, 6.45) is 0. The lowest BCUT2D eigenvalue weighted by atomic mass is 10.1. The first-order chi connectivity index (χ1) is 13.1. The fourth-order valence-electron chi connectivity index (χ4n) is 3.27. The van der Waals surface area contributed by atoms with Gasteiger partial charge in [-0.2, -0.15) is 4.31 Å². The number of rotatable bonds is 3. The van der Waals surface area contributed by atoms with Crippen molar-refractivity contribution in [1.29, 1.82) is 0 Å². The van der Waals surface area contributed by atoms with Crippen LogP contribution in [0.4, 0.5) is 0 Å². The van der Waals surface area contributed by atoms with E-state index in [1.165, 1.54) is 9.21 Å². The number of benzene rings is 2. The van der Waals surface area contributed by atoms with Gasteiger partial charge in [0.2, 0.25) is 10.0 Å². The fraction of sp³-hybridized carbons (Fsp3) is 0.316. The molecular formula is C19H22N2O6S. The maximum atomic E-state index is 12.9. The second-order valence-corrected chi connectivity index (χ2v) is 8.82. The largest absolute Gasteiger partial charge is 0.504 e. The molecule has 0 spiro atoms. The van der Waals surface area contributed by atoms with E-state index in [0.717, 1.165) is 23.3 Å². The topological polar surface area (TPSA) is 118 Å². The van der Waals surface area contributed by atoms with Gasteiger partial charge in [-0.15, -0.1) is 0 Å². The molecule has 3 N–H and O–H groups in total. The molecule has 1 aliphatic rings. The molecule has 1 fully saturated rings. The van der Waals surface area contributed by atoms with E-state index < -0.39 is 33.2 Å². The lowest BCUT2D eigenvalue weighted by molar-refractivity contribution is 0.0697. The predicted molar refractivity (Wildman–Crippen MR) is 102 cm³/mol. The summed E-state index contributed by atoms with van der Waals surface area (Å²) in [5, 5.41) is 28.6. The maximum Gasteiger partial charge on any atom is 0.254 e. The predicted octanol–water partition coefficient (Wildman–Crippen LogP) is 1.57. The highest BCUT2D eigenvalue weighted by molar-refractivity contribution is 7.89. The van der Waals surface area contributed by atoms with Gasteiger partial charge in [-0.1, -0.05) is 6.07 Å². The molecule has 1 aliphatic heterocycles. The van der Waals surface area contributed by atoms with Crippen LogP contribution in [0.1, 0.15) is 21.5 Å². The molecule has 0 radical (unpaired) electrons. The van der Waals surface area contributed by atoms with Gasteiger partial charge in [0.15, 0.2) is 17.2 Å². The third-order valence-electron chi connectivity index (χ3n) is 4.68. The molecule has 1 heterocycles. The number of amides is 1. The molecule has 9 heteroatoms. The van der Waals surface area contributed by atoms with Crippen molar-refractivity contribution in [3.8, 4) is 17.2 Å². The Labute approximate surface area is 163 Å². The van der Waals surface area contributed by atoms with E-state index in [9.17, 15) is 28.5 Å². The van der Waals surface area contributed by atoms with Crippen LogP contribution in [0.2, 0.25) is 0 Å². The van der Waals surface area contributed by atoms with Gasteiger partial charge in [0, 0.05) is 31.7 Å². The first kappa shape index (κ1) is 20.0. The molecule has 3 rings (SSSR count). The summed E-state index contributed by atoms with van der Waals surface area (Å²) >= 11 is 0. The van der Waals surface area contributed by atoms with Crippen molar-refractivity contribution in [3.05, 3.63) is 47.0 Å². The Morgan fingerprint density at radius 3 is 1.86 bits per heavy atom. The average molecular weight is 406 g/mol. The SMILES string of the molecule is Cc1cc(C)cc(S(=O)(=O)N2CCN(C(=O)c3cc(O)c(O)c(O)c3)CC2)c1. The van der Waals surface area contributed by atoms with E-state index in [0.29, 0.717) is 0 Å². The summed E-state index contributed by atoms with van der Waals surface area (Å²) in [5.41, 5.74) is 1.73. The maximum absolute atomic E-state index is 12.9. The summed E-state index contributed by atoms with van der Waals surface area (Å²) in [7, 11) is -3.66. The van der Waals surface area contributed by atoms with Gasteiger partial charge in [0.25, 0.3) is 5.91 Å². The second kappa shape index (κ2) is 7.33. The highest BCUT2D eigenvalue weighted by Gasteiger charge is 2.31. The van der Waals surface area contributed by atoms with Gasteiger partial charge >= 0.3 is 0 Å². The zero-order valence-corrected chi connectivity index (χ0v) is 16.4. The summed E-state index contributed by atoms with van der Waals surface area (Å²) in [4.78, 5) is 14.3. The molecule has 28 heavy (non-hydrogen) atoms. The number of nitrogens with zero attached hydrogens (tertiary/aromatic N) is 2. The molecule has 0 aromatic heterocycles. The Morgan fingerprint density at radius 2 is 1.36 bits per heavy atom. The zero-order valence-electron chi connectivity index (χ0n) is 15.6. The third kappa shape index (κ3) is 3.76. The first-order valence-corrected chi connectivity index (χ1v) is 10.2. The minimum Gasteiger partial charge on any atom is -0.504 e. The van der Waals surface area contributed by atoms with Crippen LogP contribution in [0.15, 0.2) is 35.2 Å². The van der Waals surface area contributed by atoms with Crippen LogP contribution in [0.3, 0.4) is 0 Å². The smallest absolute Gasteiger partial charge is 0.254 e. The molecule has 2 aromatic rings. The van der Waals surface area contributed by atoms with Crippen molar-refractivity contribution in [2.24, 2.45) is 0 Å². The standard InChI is InChI=1S/C19H22N2O6S/c1-12-7-13(2)9-15(8-12)28(26,27)21-5-3-20(4-6-21)19(25)14-10-16(22)18(24)17(23)11-14/h7-11,22-24H,3-6H2,1-2H3. The number of hydrogen-bond acceptors (Lipinski definition) is 6. The number of carbonyl (C=O) groups is 1. The normalized spacial score (nSPS) is 15.6. The van der Waals surface area contributed by atoms with Crippen LogP contribution in [-0.2, 0) is 10.0 Å². The number of phenolic OH excluding ortho intramolecular Hbond substituents is 3. The lowest BCUT2D eigenvalue weighted by Crippen LogP contribution is -2.50. The molecule has 0 saturated carbocycles. The van der Waals surface area contributed by atoms with Gasteiger partial charge in [-0.3, -0.25) is 4.79 Å². The number of aryl methyl sites for hydroxylation is 2. The van der Waals surface area contributed by atoms with Crippen LogP contribution in [0, 0.1) is 13.8 Å². The first-order valence-electron chi connectivity index (χ1n) is 8.72. The number of piperazine rings is 1. The molecule has 0 unspecified atom stereocenters. The highest BCUT2D eigenvalue weighted by Crippen LogP contribution is 2.35. The molecule has 0 bridgehead atoms. The van der Waals surface area contributed by atoms with Crippen LogP contribution in [0.25, 0.3) is 0 Å². The van der Waals surface area contributed by atoms with Crippen LogP contribution >= 0.6 is 0 Å². The Balaban J connectivity index is 1.74. The van der Waals surface area contributed by atoms with Gasteiger partial charge in [-0.25, -0.2) is 8.42 Å². The van der Waals surface area contributed by atoms with Crippen LogP contribution in [-0.4, -0.2) is 65.0 Å². The molecule has 0 aliphatic carbocycles. The Morgan fingerprint density at radius 1 is 0.857 bits per heavy atom. The Kier molecular flexibility index (Phi) is 5.22. The molecule has 0 atom stereocenters. The molecule has 2 aromatic carbocycles. The fourth-order valence-corrected chi connectivity index (χ4v) is 4.88. The van der Waals surface area contributed by atoms with E-state index in [1.807, 2.05) is 19.9 Å². The number of carbonyl (C=O) groups excluding carboxylic acids is 1. The number of hydrogen-bond donors (Lipinski definition) is 3. The Bertz CT molecular complexity index is 983. The van der Waals surface area contributed by atoms with Crippen molar-refractivity contribution in [2.75, 3.05) is 26.2 Å². The lowest BCUT2D eigenvalue weighted by Gasteiger charge is -2.34. The summed E-state index contributed by atoms with van der Waals surface area (Å²) in [6.45, 7) is 4.29. The number of phenols is 3. The van der Waals surface area contributed by atoms with E-state index in [4.69, 9.17) is 0 Å². The number of sulfonamides is 1. The molecule has 1 amide bonds. The summed E-state index contributed by atoms with van der Waals surface area (Å²) in [6, 6.07) is 7.29. The highest BCUT2D eigenvalue weighted by atomic mass is 32.2. The molecule has 1 saturated heterocycles. The van der Waals surface area contributed by atoms with Gasteiger partial charge < -0.3 is 20.2 Å². The summed E-state index contributed by atoms with van der Waals surface area (Å²) < 4.78 is 27.1. The molecular weight excluding hydrogens is 384 g/mol. The van der Waals surface area contributed by atoms with Crippen LogP contribution < -0.4 is 0 Å². The van der Waals surface area contributed by atoms with Crippen molar-refractivity contribution in [1.82, 2.24) is 9.21 Å². The van der Waals surface area contributed by atoms with Gasteiger partial charge in [-0.05, 0) is 49.2 Å². The third-order valence-corrected chi connectivity index (χ3v) is 6.55. The van der Waals surface area contributed by atoms with Crippen molar-refractivity contribution in [2.45, 2.75) is 18.7 Å². The van der Waals surface area contributed by atoms with E-state index in [-0.39, 0.29) is 36.6 Å². The summed E-state index contributed by atoms with van der Waals surface area (Å²) in [5.74, 6) is -2.35. The minimum atomic E-state index is -3.66. The van der Waals surface area contributed by atoms with Crippen molar-refractivity contribution >= 4 is 15.9 Å². The number of aromatic hydroxyl groups is 3. The molecule has 150 valence electrons. The monoisotopic (exact) mass is 406 g/mol. The second-order valence-electron chi connectivity index (χ2n) is 6.88. The average Bonchev–Trinajstić information content (AvgIpc) is 2.64. The Hall–Kier alpha value is -2.78. The van der Waals surface area contributed by atoms with E-state index in [2.05, 4.69) is 0 Å². The van der Waals surface area contributed by atoms with Crippen molar-refractivity contribution < 1.29 is 28.5 Å². The molecule has 8 nitrogen and oxygen atoms in total.